The second-order valence-corrected chi connectivity index (χ2v) is 5.01. The third kappa shape index (κ3) is 10.5. The van der Waals surface area contributed by atoms with E-state index in [1.54, 1.807) is 91.0 Å². The van der Waals surface area contributed by atoms with Gasteiger partial charge in [0.1, 0.15) is 0 Å². The number of hydrogen-bond acceptors (Lipinski definition) is 3. The molecule has 28 heavy (non-hydrogen) atoms. The number of carbonyl (C=O) groups is 3. The fourth-order valence-corrected chi connectivity index (χ4v) is 1.74. The maximum atomic E-state index is 10.2. The first-order chi connectivity index (χ1) is 12.9. The van der Waals surface area contributed by atoms with E-state index >= 15 is 0 Å². The van der Waals surface area contributed by atoms with Gasteiger partial charge < -0.3 is 15.3 Å². The van der Waals surface area contributed by atoms with Crippen LogP contribution in [-0.2, 0) is 0 Å². The molecule has 0 heterocycles. The van der Waals surface area contributed by atoms with Crippen LogP contribution in [0.5, 0.6) is 0 Å². The first kappa shape index (κ1) is 25.3. The summed E-state index contributed by atoms with van der Waals surface area (Å²) in [4.78, 5) is 30.6. The van der Waals surface area contributed by atoms with Crippen molar-refractivity contribution in [1.82, 2.24) is 0 Å². The van der Waals surface area contributed by atoms with Crippen LogP contribution in [0.4, 0.5) is 0 Å². The van der Waals surface area contributed by atoms with Crippen molar-refractivity contribution in [3.05, 3.63) is 108 Å². The average molecular weight is 408 g/mol. The topological polar surface area (TPSA) is 112 Å². The molecule has 3 aromatic rings. The predicted molar refractivity (Wildman–Crippen MR) is 109 cm³/mol. The summed E-state index contributed by atoms with van der Waals surface area (Å²) in [6, 6.07) is 24.9. The SMILES string of the molecule is O=C(O)c1ccccc1.O=C(O)c1ccccc1.O=C(O)c1ccccc1.[CaH2]. The van der Waals surface area contributed by atoms with Gasteiger partial charge in [-0.15, -0.1) is 0 Å². The molecule has 0 aliphatic rings. The monoisotopic (exact) mass is 408 g/mol. The molecular weight excluding hydrogens is 388 g/mol. The van der Waals surface area contributed by atoms with Crippen molar-refractivity contribution < 1.29 is 29.7 Å². The Morgan fingerprint density at radius 1 is 0.429 bits per heavy atom. The molecule has 0 saturated heterocycles. The first-order valence-corrected chi connectivity index (χ1v) is 7.77. The summed E-state index contributed by atoms with van der Waals surface area (Å²) >= 11 is 0. The van der Waals surface area contributed by atoms with Crippen LogP contribution in [0, 0.1) is 0 Å². The van der Waals surface area contributed by atoms with Gasteiger partial charge in [0, 0.05) is 0 Å². The van der Waals surface area contributed by atoms with Crippen LogP contribution in [0.15, 0.2) is 91.0 Å². The number of aromatic carboxylic acids is 3. The van der Waals surface area contributed by atoms with Crippen LogP contribution in [-0.4, -0.2) is 71.0 Å². The van der Waals surface area contributed by atoms with E-state index < -0.39 is 17.9 Å². The van der Waals surface area contributed by atoms with E-state index in [0.717, 1.165) is 0 Å². The van der Waals surface area contributed by atoms with Crippen molar-refractivity contribution in [3.63, 3.8) is 0 Å². The summed E-state index contributed by atoms with van der Waals surface area (Å²) in [6.07, 6.45) is 0. The Morgan fingerprint density at radius 2 is 0.607 bits per heavy atom. The molecule has 3 rings (SSSR count). The molecule has 0 aliphatic heterocycles. The molecule has 0 aliphatic carbocycles. The van der Waals surface area contributed by atoms with Crippen molar-refractivity contribution >= 4 is 55.6 Å². The zero-order valence-corrected chi connectivity index (χ0v) is 14.2. The normalized spacial score (nSPS) is 8.57. The van der Waals surface area contributed by atoms with Gasteiger partial charge in [-0.3, -0.25) is 0 Å². The van der Waals surface area contributed by atoms with Gasteiger partial charge in [-0.1, -0.05) is 54.6 Å². The molecule has 0 spiro atoms. The van der Waals surface area contributed by atoms with Crippen LogP contribution in [0.25, 0.3) is 0 Å². The van der Waals surface area contributed by atoms with E-state index in [9.17, 15) is 14.4 Å². The van der Waals surface area contributed by atoms with Crippen LogP contribution < -0.4 is 0 Å². The molecule has 0 saturated carbocycles. The quantitative estimate of drug-likeness (QED) is 0.574. The second-order valence-electron chi connectivity index (χ2n) is 5.01. The summed E-state index contributed by atoms with van der Waals surface area (Å²) in [6.45, 7) is 0. The third-order valence-corrected chi connectivity index (χ3v) is 3.06. The van der Waals surface area contributed by atoms with Gasteiger partial charge in [-0.25, -0.2) is 14.4 Å². The van der Waals surface area contributed by atoms with Gasteiger partial charge in [0.15, 0.2) is 0 Å². The van der Waals surface area contributed by atoms with Crippen LogP contribution in [0.3, 0.4) is 0 Å². The Kier molecular flexibility index (Phi) is 13.0. The number of hydrogen-bond donors (Lipinski definition) is 3. The Hall–Kier alpha value is -2.67. The molecule has 3 N–H and O–H groups in total. The molecule has 142 valence electrons. The summed E-state index contributed by atoms with van der Waals surface area (Å²) < 4.78 is 0. The molecule has 7 heteroatoms. The minimum atomic E-state index is -0.879. The van der Waals surface area contributed by atoms with E-state index in [1.165, 1.54) is 0 Å². The van der Waals surface area contributed by atoms with E-state index in [-0.39, 0.29) is 37.7 Å². The summed E-state index contributed by atoms with van der Waals surface area (Å²) in [5.41, 5.74) is 0.993. The Morgan fingerprint density at radius 3 is 0.714 bits per heavy atom. The van der Waals surface area contributed by atoms with E-state index in [2.05, 4.69) is 0 Å². The van der Waals surface area contributed by atoms with E-state index in [1.807, 2.05) is 0 Å². The second kappa shape index (κ2) is 14.4. The van der Waals surface area contributed by atoms with Crippen molar-refractivity contribution in [2.75, 3.05) is 0 Å². The van der Waals surface area contributed by atoms with Crippen molar-refractivity contribution in [2.24, 2.45) is 0 Å². The molecule has 0 fully saturated rings. The fraction of sp³-hybridized carbons (Fsp3) is 0. The van der Waals surface area contributed by atoms with Gasteiger partial charge >= 0.3 is 55.6 Å². The fourth-order valence-electron chi connectivity index (χ4n) is 1.74. The van der Waals surface area contributed by atoms with Crippen molar-refractivity contribution in [1.29, 1.82) is 0 Å². The molecule has 0 unspecified atom stereocenters. The molecule has 0 radical (unpaired) electrons. The van der Waals surface area contributed by atoms with E-state index in [0.29, 0.717) is 16.7 Å². The molecule has 0 atom stereocenters. The van der Waals surface area contributed by atoms with Gasteiger partial charge in [0.05, 0.1) is 16.7 Å². The van der Waals surface area contributed by atoms with Gasteiger partial charge in [-0.2, -0.15) is 0 Å². The molecular formula is C21H20CaO6. The zero-order chi connectivity index (χ0) is 20.1. The molecule has 0 bridgehead atoms. The Labute approximate surface area is 192 Å². The predicted octanol–water partition coefficient (Wildman–Crippen LogP) is 3.24. The molecule has 6 nitrogen and oxygen atoms in total. The van der Waals surface area contributed by atoms with Crippen LogP contribution >= 0.6 is 0 Å². The molecule has 3 aromatic carbocycles. The maximum absolute atomic E-state index is 10.2. The van der Waals surface area contributed by atoms with E-state index in [4.69, 9.17) is 15.3 Å². The average Bonchev–Trinajstić information content (AvgIpc) is 2.71. The Bertz CT molecular complexity index is 734. The number of rotatable bonds is 3. The summed E-state index contributed by atoms with van der Waals surface area (Å²) in [7, 11) is 0. The Balaban J connectivity index is 0.000000384. The molecule has 0 amide bonds. The van der Waals surface area contributed by atoms with Gasteiger partial charge in [0.2, 0.25) is 0 Å². The number of carboxylic acid groups (broad SMARTS) is 3. The minimum absolute atomic E-state index is 0. The van der Waals surface area contributed by atoms with Crippen molar-refractivity contribution in [3.8, 4) is 0 Å². The van der Waals surface area contributed by atoms with Crippen molar-refractivity contribution in [2.45, 2.75) is 0 Å². The standard InChI is InChI=1S/3C7H6O2.Ca.2H/c3*8-7(9)6-4-2-1-3-5-6;;;/h3*1-5H,(H,8,9);;;. The van der Waals surface area contributed by atoms with Gasteiger partial charge in [-0.05, 0) is 36.4 Å². The number of carboxylic acids is 3. The van der Waals surface area contributed by atoms with Crippen LogP contribution in [0.1, 0.15) is 31.1 Å². The summed E-state index contributed by atoms with van der Waals surface area (Å²) in [5.74, 6) is -2.64. The number of benzene rings is 3. The van der Waals surface area contributed by atoms with Gasteiger partial charge in [0.25, 0.3) is 0 Å². The first-order valence-electron chi connectivity index (χ1n) is 7.77. The van der Waals surface area contributed by atoms with Crippen LogP contribution in [0.2, 0.25) is 0 Å². The molecule has 0 aromatic heterocycles. The third-order valence-electron chi connectivity index (χ3n) is 3.06. The zero-order valence-electron chi connectivity index (χ0n) is 14.2. The summed E-state index contributed by atoms with van der Waals surface area (Å²) in [5, 5.41) is 25.2.